The van der Waals surface area contributed by atoms with Crippen LogP contribution in [0.15, 0.2) is 24.3 Å². The highest BCUT2D eigenvalue weighted by Crippen LogP contribution is 2.20. The van der Waals surface area contributed by atoms with Gasteiger partial charge in [-0.3, -0.25) is 0 Å². The highest BCUT2D eigenvalue weighted by Gasteiger charge is 2.11. The van der Waals surface area contributed by atoms with E-state index in [0.29, 0.717) is 5.92 Å². The van der Waals surface area contributed by atoms with Gasteiger partial charge in [0, 0.05) is 6.04 Å². The van der Waals surface area contributed by atoms with E-state index in [-0.39, 0.29) is 0 Å². The van der Waals surface area contributed by atoms with Crippen molar-refractivity contribution >= 4 is 0 Å². The molecule has 0 aliphatic heterocycles. The summed E-state index contributed by atoms with van der Waals surface area (Å²) in [5.41, 5.74) is 1.35. The van der Waals surface area contributed by atoms with Gasteiger partial charge in [-0.15, -0.1) is 0 Å². The molecule has 2 nitrogen and oxygen atoms in total. The van der Waals surface area contributed by atoms with E-state index in [9.17, 15) is 0 Å². The quantitative estimate of drug-likeness (QED) is 0.740. The molecule has 0 spiro atoms. The molecule has 1 N–H and O–H groups in total. The number of ether oxygens (including phenoxy) is 1. The fourth-order valence-electron chi connectivity index (χ4n) is 2.84. The maximum Gasteiger partial charge on any atom is 0.119 e. The standard InChI is InChI=1S/C18H29NO/c1-15(2)16-8-6-11-18(14-16)20-13-7-12-19-17-9-4-3-5-10-17/h6,8,11,14-15,17,19H,3-5,7,9-10,12-13H2,1-2H3. The molecule has 20 heavy (non-hydrogen) atoms. The number of rotatable bonds is 7. The van der Waals surface area contributed by atoms with E-state index in [1.54, 1.807) is 0 Å². The Labute approximate surface area is 123 Å². The molecule has 0 bridgehead atoms. The zero-order chi connectivity index (χ0) is 14.2. The van der Waals surface area contributed by atoms with Crippen molar-refractivity contribution in [1.29, 1.82) is 0 Å². The first-order valence-electron chi connectivity index (χ1n) is 8.22. The molecule has 112 valence electrons. The summed E-state index contributed by atoms with van der Waals surface area (Å²) in [5, 5.41) is 3.66. The molecule has 1 aliphatic carbocycles. The second kappa shape index (κ2) is 8.31. The van der Waals surface area contributed by atoms with E-state index in [1.165, 1.54) is 37.7 Å². The van der Waals surface area contributed by atoms with Crippen molar-refractivity contribution in [2.45, 2.75) is 64.3 Å². The molecule has 1 fully saturated rings. The molecule has 2 heteroatoms. The van der Waals surface area contributed by atoms with Gasteiger partial charge in [-0.25, -0.2) is 0 Å². The highest BCUT2D eigenvalue weighted by molar-refractivity contribution is 5.30. The topological polar surface area (TPSA) is 21.3 Å². The number of benzene rings is 1. The van der Waals surface area contributed by atoms with Crippen LogP contribution in [-0.4, -0.2) is 19.2 Å². The molecule has 1 saturated carbocycles. The zero-order valence-electron chi connectivity index (χ0n) is 13.0. The largest absolute Gasteiger partial charge is 0.494 e. The molecular weight excluding hydrogens is 246 g/mol. The third kappa shape index (κ3) is 5.16. The zero-order valence-corrected chi connectivity index (χ0v) is 13.0. The average Bonchev–Trinajstić information content (AvgIpc) is 2.48. The summed E-state index contributed by atoms with van der Waals surface area (Å²) >= 11 is 0. The number of nitrogens with one attached hydrogen (secondary N) is 1. The van der Waals surface area contributed by atoms with Gasteiger partial charge in [0.1, 0.15) is 5.75 Å². The highest BCUT2D eigenvalue weighted by atomic mass is 16.5. The smallest absolute Gasteiger partial charge is 0.119 e. The van der Waals surface area contributed by atoms with Crippen molar-refractivity contribution in [2.75, 3.05) is 13.2 Å². The molecule has 0 atom stereocenters. The Morgan fingerprint density at radius 2 is 2.00 bits per heavy atom. The van der Waals surface area contributed by atoms with Crippen molar-refractivity contribution in [3.05, 3.63) is 29.8 Å². The van der Waals surface area contributed by atoms with Gasteiger partial charge in [-0.05, 0) is 49.4 Å². The average molecular weight is 275 g/mol. The fraction of sp³-hybridized carbons (Fsp3) is 0.667. The molecule has 0 heterocycles. The first kappa shape index (κ1) is 15.4. The Bertz CT molecular complexity index is 383. The fourth-order valence-corrected chi connectivity index (χ4v) is 2.84. The van der Waals surface area contributed by atoms with Crippen molar-refractivity contribution < 1.29 is 4.74 Å². The van der Waals surface area contributed by atoms with Crippen LogP contribution in [0.3, 0.4) is 0 Å². The van der Waals surface area contributed by atoms with Gasteiger partial charge in [0.2, 0.25) is 0 Å². The van der Waals surface area contributed by atoms with E-state index in [1.807, 2.05) is 0 Å². The number of hydrogen-bond acceptors (Lipinski definition) is 2. The van der Waals surface area contributed by atoms with E-state index in [2.05, 4.69) is 43.4 Å². The monoisotopic (exact) mass is 275 g/mol. The lowest BCUT2D eigenvalue weighted by atomic mass is 9.95. The summed E-state index contributed by atoms with van der Waals surface area (Å²) in [7, 11) is 0. The Morgan fingerprint density at radius 3 is 2.75 bits per heavy atom. The van der Waals surface area contributed by atoms with Crippen molar-refractivity contribution in [1.82, 2.24) is 5.32 Å². The van der Waals surface area contributed by atoms with Gasteiger partial charge >= 0.3 is 0 Å². The van der Waals surface area contributed by atoms with Crippen LogP contribution in [0.4, 0.5) is 0 Å². The van der Waals surface area contributed by atoms with Gasteiger partial charge < -0.3 is 10.1 Å². The van der Waals surface area contributed by atoms with Crippen LogP contribution in [0.1, 0.15) is 63.9 Å². The predicted octanol–water partition coefficient (Wildman–Crippen LogP) is 4.50. The lowest BCUT2D eigenvalue weighted by molar-refractivity contribution is 0.296. The maximum atomic E-state index is 5.85. The lowest BCUT2D eigenvalue weighted by Crippen LogP contribution is -2.32. The van der Waals surface area contributed by atoms with Gasteiger partial charge in [-0.2, -0.15) is 0 Å². The minimum absolute atomic E-state index is 0.562. The van der Waals surface area contributed by atoms with Crippen LogP contribution in [0.25, 0.3) is 0 Å². The predicted molar refractivity (Wildman–Crippen MR) is 85.5 cm³/mol. The second-order valence-corrected chi connectivity index (χ2v) is 6.22. The third-order valence-electron chi connectivity index (χ3n) is 4.15. The molecule has 0 saturated heterocycles. The van der Waals surface area contributed by atoms with Gasteiger partial charge in [0.25, 0.3) is 0 Å². The Balaban J connectivity index is 1.61. The lowest BCUT2D eigenvalue weighted by Gasteiger charge is -2.22. The first-order chi connectivity index (χ1) is 9.75. The van der Waals surface area contributed by atoms with Crippen LogP contribution < -0.4 is 10.1 Å². The molecular formula is C18H29NO. The van der Waals surface area contributed by atoms with Crippen molar-refractivity contribution in [3.8, 4) is 5.75 Å². The van der Waals surface area contributed by atoms with Crippen LogP contribution in [0.2, 0.25) is 0 Å². The van der Waals surface area contributed by atoms with E-state index >= 15 is 0 Å². The van der Waals surface area contributed by atoms with Gasteiger partial charge in [0.05, 0.1) is 6.61 Å². The molecule has 0 unspecified atom stereocenters. The molecule has 1 aromatic rings. The van der Waals surface area contributed by atoms with Crippen LogP contribution in [0, 0.1) is 0 Å². The molecule has 1 aliphatic rings. The van der Waals surface area contributed by atoms with Crippen LogP contribution in [0.5, 0.6) is 5.75 Å². The van der Waals surface area contributed by atoms with Crippen LogP contribution in [-0.2, 0) is 0 Å². The summed E-state index contributed by atoms with van der Waals surface area (Å²) in [5.74, 6) is 1.57. The number of hydrogen-bond donors (Lipinski definition) is 1. The molecule has 0 radical (unpaired) electrons. The molecule has 1 aromatic carbocycles. The Kier molecular flexibility index (Phi) is 6.38. The maximum absolute atomic E-state index is 5.85. The summed E-state index contributed by atoms with van der Waals surface area (Å²) in [4.78, 5) is 0. The minimum Gasteiger partial charge on any atom is -0.494 e. The summed E-state index contributed by atoms with van der Waals surface area (Å²) in [6.07, 6.45) is 8.02. The molecule has 0 aromatic heterocycles. The van der Waals surface area contributed by atoms with E-state index < -0.39 is 0 Å². The van der Waals surface area contributed by atoms with E-state index in [0.717, 1.165) is 31.4 Å². The summed E-state index contributed by atoms with van der Waals surface area (Å²) < 4.78 is 5.85. The van der Waals surface area contributed by atoms with Crippen LogP contribution >= 0.6 is 0 Å². The Morgan fingerprint density at radius 1 is 1.20 bits per heavy atom. The normalized spacial score (nSPS) is 16.6. The van der Waals surface area contributed by atoms with Gasteiger partial charge in [-0.1, -0.05) is 45.2 Å². The molecule has 0 amide bonds. The Hall–Kier alpha value is -1.02. The first-order valence-corrected chi connectivity index (χ1v) is 8.22. The van der Waals surface area contributed by atoms with Crippen molar-refractivity contribution in [2.24, 2.45) is 0 Å². The minimum atomic E-state index is 0.562. The van der Waals surface area contributed by atoms with Gasteiger partial charge in [0.15, 0.2) is 0 Å². The second-order valence-electron chi connectivity index (χ2n) is 6.22. The van der Waals surface area contributed by atoms with E-state index in [4.69, 9.17) is 4.74 Å². The summed E-state index contributed by atoms with van der Waals surface area (Å²) in [6, 6.07) is 9.24. The molecule has 2 rings (SSSR count). The third-order valence-corrected chi connectivity index (χ3v) is 4.15. The van der Waals surface area contributed by atoms with Crippen molar-refractivity contribution in [3.63, 3.8) is 0 Å². The summed E-state index contributed by atoms with van der Waals surface area (Å²) in [6.45, 7) is 6.32. The SMILES string of the molecule is CC(C)c1cccc(OCCCNC2CCCCC2)c1.